The minimum atomic E-state index is -0.467. The molecule has 92 valence electrons. The van der Waals surface area contributed by atoms with Crippen LogP contribution in [0.25, 0.3) is 11.4 Å². The first kappa shape index (κ1) is 10.6. The zero-order valence-electron chi connectivity index (χ0n) is 9.48. The number of ether oxygens (including phenoxy) is 1. The van der Waals surface area contributed by atoms with E-state index in [1.54, 1.807) is 16.8 Å². The first-order valence-corrected chi connectivity index (χ1v) is 5.37. The molecular formula is C10H9N5O3. The van der Waals surface area contributed by atoms with Crippen LogP contribution in [0.4, 0.5) is 5.69 Å². The average Bonchev–Trinajstić information content (AvgIpc) is 2.72. The van der Waals surface area contributed by atoms with Crippen molar-refractivity contribution in [2.24, 2.45) is 0 Å². The molecule has 0 spiro atoms. The minimum absolute atomic E-state index is 0.0733. The van der Waals surface area contributed by atoms with Crippen molar-refractivity contribution in [3.8, 4) is 17.1 Å². The van der Waals surface area contributed by atoms with Crippen molar-refractivity contribution in [2.45, 2.75) is 19.6 Å². The summed E-state index contributed by atoms with van der Waals surface area (Å²) in [6.07, 6.45) is -0.241. The molecule has 0 N–H and O–H groups in total. The Balaban J connectivity index is 2.28. The van der Waals surface area contributed by atoms with Crippen molar-refractivity contribution < 1.29 is 9.66 Å². The highest BCUT2D eigenvalue weighted by atomic mass is 16.6. The third-order valence-corrected chi connectivity index (χ3v) is 2.71. The molecule has 1 atom stereocenters. The summed E-state index contributed by atoms with van der Waals surface area (Å²) < 4.78 is 7.20. The van der Waals surface area contributed by atoms with E-state index in [4.69, 9.17) is 4.74 Å². The number of fused-ring (bicyclic) bond motifs is 3. The molecule has 2 heterocycles. The number of nitro groups is 1. The number of nitro benzene ring substituents is 1. The van der Waals surface area contributed by atoms with Crippen molar-refractivity contribution in [1.29, 1.82) is 0 Å². The molecule has 1 aliphatic rings. The molecular weight excluding hydrogens is 238 g/mol. The molecule has 0 unspecified atom stereocenters. The van der Waals surface area contributed by atoms with E-state index in [0.717, 1.165) is 0 Å². The summed E-state index contributed by atoms with van der Waals surface area (Å²) in [6.45, 7) is 2.27. The molecule has 0 amide bonds. The fourth-order valence-electron chi connectivity index (χ4n) is 1.97. The predicted octanol–water partition coefficient (Wildman–Crippen LogP) is 1.03. The van der Waals surface area contributed by atoms with Gasteiger partial charge in [0.1, 0.15) is 6.10 Å². The van der Waals surface area contributed by atoms with Crippen molar-refractivity contribution >= 4 is 5.69 Å². The highest BCUT2D eigenvalue weighted by Gasteiger charge is 2.28. The zero-order valence-corrected chi connectivity index (χ0v) is 9.48. The van der Waals surface area contributed by atoms with E-state index in [0.29, 0.717) is 17.9 Å². The van der Waals surface area contributed by atoms with Gasteiger partial charge in [0.05, 0.1) is 17.0 Å². The van der Waals surface area contributed by atoms with Gasteiger partial charge in [-0.2, -0.15) is 0 Å². The number of nitrogens with zero attached hydrogens (tertiary/aromatic N) is 5. The van der Waals surface area contributed by atoms with Gasteiger partial charge < -0.3 is 4.74 Å². The maximum Gasteiger partial charge on any atom is 0.311 e. The van der Waals surface area contributed by atoms with Gasteiger partial charge in [-0.3, -0.25) is 10.1 Å². The molecule has 0 fully saturated rings. The normalized spacial score (nSPS) is 17.3. The average molecular weight is 247 g/mol. The van der Waals surface area contributed by atoms with Crippen LogP contribution in [0.3, 0.4) is 0 Å². The van der Waals surface area contributed by atoms with Crippen molar-refractivity contribution in [1.82, 2.24) is 20.2 Å². The Bertz CT molecular complexity index is 624. The molecule has 0 saturated heterocycles. The number of hydrogen-bond acceptors (Lipinski definition) is 6. The quantitative estimate of drug-likeness (QED) is 0.551. The van der Waals surface area contributed by atoms with Gasteiger partial charge >= 0.3 is 5.69 Å². The van der Waals surface area contributed by atoms with E-state index in [2.05, 4.69) is 15.5 Å². The number of tetrazole rings is 1. The lowest BCUT2D eigenvalue weighted by Crippen LogP contribution is -2.18. The molecule has 18 heavy (non-hydrogen) atoms. The largest absolute Gasteiger partial charge is 0.481 e. The summed E-state index contributed by atoms with van der Waals surface area (Å²) in [5.41, 5.74) is 0.467. The van der Waals surface area contributed by atoms with E-state index < -0.39 is 4.92 Å². The predicted molar refractivity (Wildman–Crippen MR) is 60.0 cm³/mol. The third kappa shape index (κ3) is 1.50. The number of rotatable bonds is 1. The fourth-order valence-corrected chi connectivity index (χ4v) is 1.97. The van der Waals surface area contributed by atoms with Gasteiger partial charge in [-0.15, -0.1) is 5.10 Å². The van der Waals surface area contributed by atoms with Crippen LogP contribution in [0.15, 0.2) is 18.2 Å². The van der Waals surface area contributed by atoms with Crippen LogP contribution in [0.2, 0.25) is 0 Å². The molecule has 8 heteroatoms. The Labute approximate surface area is 101 Å². The standard InChI is InChI=1S/C10H9N5O3/c1-6-5-14-10(11-12-13-14)7-3-2-4-8(15(16)17)9(7)18-6/h2-4,6H,5H2,1H3/t6-/m1/s1. The smallest absolute Gasteiger partial charge is 0.311 e. The van der Waals surface area contributed by atoms with E-state index >= 15 is 0 Å². The Kier molecular flexibility index (Phi) is 2.22. The summed E-state index contributed by atoms with van der Waals surface area (Å²) in [4.78, 5) is 10.5. The topological polar surface area (TPSA) is 96.0 Å². The number of para-hydroxylation sites is 1. The Morgan fingerprint density at radius 3 is 3.17 bits per heavy atom. The van der Waals surface area contributed by atoms with E-state index in [-0.39, 0.29) is 17.5 Å². The molecule has 8 nitrogen and oxygen atoms in total. The van der Waals surface area contributed by atoms with Crippen molar-refractivity contribution in [3.05, 3.63) is 28.3 Å². The molecule has 2 aromatic rings. The van der Waals surface area contributed by atoms with E-state index in [1.165, 1.54) is 6.07 Å². The van der Waals surface area contributed by atoms with Crippen LogP contribution in [0.5, 0.6) is 5.75 Å². The lowest BCUT2D eigenvalue weighted by atomic mass is 10.1. The van der Waals surface area contributed by atoms with Crippen LogP contribution in [0.1, 0.15) is 6.92 Å². The van der Waals surface area contributed by atoms with Crippen LogP contribution in [-0.2, 0) is 6.54 Å². The Morgan fingerprint density at radius 1 is 1.56 bits per heavy atom. The number of hydrogen-bond donors (Lipinski definition) is 0. The van der Waals surface area contributed by atoms with Gasteiger partial charge in [0.2, 0.25) is 5.75 Å². The Morgan fingerprint density at radius 2 is 2.39 bits per heavy atom. The molecule has 0 radical (unpaired) electrons. The van der Waals surface area contributed by atoms with Crippen LogP contribution < -0.4 is 4.74 Å². The molecule has 1 aromatic carbocycles. The van der Waals surface area contributed by atoms with Crippen molar-refractivity contribution in [2.75, 3.05) is 0 Å². The molecule has 0 saturated carbocycles. The van der Waals surface area contributed by atoms with Crippen LogP contribution in [0, 0.1) is 10.1 Å². The molecule has 3 rings (SSSR count). The maximum atomic E-state index is 11.0. The van der Waals surface area contributed by atoms with Gasteiger partial charge in [-0.1, -0.05) is 6.07 Å². The summed E-state index contributed by atoms with van der Waals surface area (Å²) in [7, 11) is 0. The highest BCUT2D eigenvalue weighted by Crippen LogP contribution is 2.39. The fraction of sp³-hybridized carbons (Fsp3) is 0.300. The first-order valence-electron chi connectivity index (χ1n) is 5.37. The second kappa shape index (κ2) is 3.76. The summed E-state index contributed by atoms with van der Waals surface area (Å²) >= 11 is 0. The van der Waals surface area contributed by atoms with Gasteiger partial charge in [-0.05, 0) is 23.4 Å². The van der Waals surface area contributed by atoms with Gasteiger partial charge in [0.25, 0.3) is 0 Å². The molecule has 0 bridgehead atoms. The van der Waals surface area contributed by atoms with E-state index in [9.17, 15) is 10.1 Å². The second-order valence-electron chi connectivity index (χ2n) is 4.02. The summed E-state index contributed by atoms with van der Waals surface area (Å²) in [5.74, 6) is 0.710. The van der Waals surface area contributed by atoms with Gasteiger partial charge in [-0.25, -0.2) is 4.68 Å². The SMILES string of the molecule is C[C@@H]1Cn2nnnc2-c2cccc([N+](=O)[O-])c2O1. The minimum Gasteiger partial charge on any atom is -0.481 e. The van der Waals surface area contributed by atoms with Gasteiger partial charge in [0.15, 0.2) is 5.82 Å². The lowest BCUT2D eigenvalue weighted by molar-refractivity contribution is -0.386. The Hall–Kier alpha value is -2.51. The lowest BCUT2D eigenvalue weighted by Gasteiger charge is -2.11. The molecule has 1 aromatic heterocycles. The molecule has 0 aliphatic carbocycles. The summed E-state index contributed by atoms with van der Waals surface area (Å²) in [6, 6.07) is 4.71. The highest BCUT2D eigenvalue weighted by molar-refractivity contribution is 5.71. The van der Waals surface area contributed by atoms with Crippen molar-refractivity contribution in [3.63, 3.8) is 0 Å². The second-order valence-corrected chi connectivity index (χ2v) is 4.02. The monoisotopic (exact) mass is 247 g/mol. The maximum absolute atomic E-state index is 11.0. The number of aromatic nitrogens is 4. The van der Waals surface area contributed by atoms with Gasteiger partial charge in [0, 0.05) is 6.07 Å². The van der Waals surface area contributed by atoms with E-state index in [1.807, 2.05) is 6.92 Å². The summed E-state index contributed by atoms with van der Waals surface area (Å²) in [5, 5.41) is 22.3. The molecule has 1 aliphatic heterocycles. The third-order valence-electron chi connectivity index (χ3n) is 2.71. The number of benzene rings is 1. The first-order chi connectivity index (χ1) is 8.66. The van der Waals surface area contributed by atoms with Crippen LogP contribution >= 0.6 is 0 Å². The zero-order chi connectivity index (χ0) is 12.7. The van der Waals surface area contributed by atoms with Crippen LogP contribution in [-0.4, -0.2) is 31.2 Å².